The van der Waals surface area contributed by atoms with Crippen molar-refractivity contribution in [1.82, 2.24) is 15.4 Å². The molecule has 1 saturated heterocycles. The predicted molar refractivity (Wildman–Crippen MR) is 95.8 cm³/mol. The van der Waals surface area contributed by atoms with Gasteiger partial charge in [-0.05, 0) is 31.0 Å². The van der Waals surface area contributed by atoms with Gasteiger partial charge in [0, 0.05) is 37.7 Å². The van der Waals surface area contributed by atoms with Gasteiger partial charge in [-0.3, -0.25) is 9.59 Å². The molecule has 0 aliphatic carbocycles. The Morgan fingerprint density at radius 2 is 1.92 bits per heavy atom. The summed E-state index contributed by atoms with van der Waals surface area (Å²) in [6.07, 6.45) is 0.258. The molecule has 1 aromatic carbocycles. The lowest BCUT2D eigenvalue weighted by atomic mass is 10.0. The zero-order valence-electron chi connectivity index (χ0n) is 15.1. The lowest BCUT2D eigenvalue weighted by Crippen LogP contribution is -2.42. The van der Waals surface area contributed by atoms with E-state index in [0.29, 0.717) is 32.1 Å². The smallest absolute Gasteiger partial charge is 0.273 e. The number of hydrogen-bond donors (Lipinski definition) is 1. The standard InChI is InChI=1S/C19H23N3O4/c1-13-3-4-15(11-14(13)2)17-12-16(21-26-17)19(24)20-6-5-18(23)22-7-9-25-10-8-22/h3-4,11-12H,5-10H2,1-2H3,(H,20,24). The molecule has 7 nitrogen and oxygen atoms in total. The molecule has 26 heavy (non-hydrogen) atoms. The molecule has 7 heteroatoms. The first-order valence-electron chi connectivity index (χ1n) is 8.72. The number of aromatic nitrogens is 1. The molecule has 2 heterocycles. The molecule has 0 saturated carbocycles. The van der Waals surface area contributed by atoms with Gasteiger partial charge in [-0.25, -0.2) is 0 Å². The zero-order chi connectivity index (χ0) is 18.5. The third kappa shape index (κ3) is 4.29. The van der Waals surface area contributed by atoms with Crippen LogP contribution < -0.4 is 5.32 Å². The van der Waals surface area contributed by atoms with Crippen LogP contribution in [0.15, 0.2) is 28.8 Å². The van der Waals surface area contributed by atoms with Crippen LogP contribution in [0.5, 0.6) is 0 Å². The molecular weight excluding hydrogens is 334 g/mol. The Bertz CT molecular complexity index is 794. The highest BCUT2D eigenvalue weighted by atomic mass is 16.5. The summed E-state index contributed by atoms with van der Waals surface area (Å²) in [5.74, 6) is 0.214. The van der Waals surface area contributed by atoms with Gasteiger partial charge in [-0.1, -0.05) is 17.3 Å². The molecule has 1 N–H and O–H groups in total. The van der Waals surface area contributed by atoms with Crippen molar-refractivity contribution in [3.63, 3.8) is 0 Å². The lowest BCUT2D eigenvalue weighted by molar-refractivity contribution is -0.135. The van der Waals surface area contributed by atoms with E-state index >= 15 is 0 Å². The van der Waals surface area contributed by atoms with Crippen molar-refractivity contribution in [1.29, 1.82) is 0 Å². The van der Waals surface area contributed by atoms with Crippen LogP contribution in [0.2, 0.25) is 0 Å². The van der Waals surface area contributed by atoms with Crippen molar-refractivity contribution in [2.24, 2.45) is 0 Å². The highest BCUT2D eigenvalue weighted by Crippen LogP contribution is 2.22. The van der Waals surface area contributed by atoms with Crippen molar-refractivity contribution in [3.05, 3.63) is 41.1 Å². The molecular formula is C19H23N3O4. The second kappa shape index (κ2) is 8.14. The first-order chi connectivity index (χ1) is 12.5. The molecule has 138 valence electrons. The minimum Gasteiger partial charge on any atom is -0.378 e. The number of hydrogen-bond acceptors (Lipinski definition) is 5. The summed E-state index contributed by atoms with van der Waals surface area (Å²) >= 11 is 0. The van der Waals surface area contributed by atoms with E-state index in [1.54, 1.807) is 11.0 Å². The summed E-state index contributed by atoms with van der Waals surface area (Å²) < 4.78 is 10.5. The zero-order valence-corrected chi connectivity index (χ0v) is 15.1. The van der Waals surface area contributed by atoms with Gasteiger partial charge in [0.1, 0.15) is 0 Å². The normalized spacial score (nSPS) is 14.3. The van der Waals surface area contributed by atoms with E-state index < -0.39 is 0 Å². The maximum atomic E-state index is 12.2. The number of amides is 2. The summed E-state index contributed by atoms with van der Waals surface area (Å²) in [6, 6.07) is 7.55. The molecule has 1 fully saturated rings. The predicted octanol–water partition coefficient (Wildman–Crippen LogP) is 1.94. The number of carbonyl (C=O) groups is 2. The molecule has 3 rings (SSSR count). The van der Waals surface area contributed by atoms with E-state index in [1.807, 2.05) is 32.0 Å². The Morgan fingerprint density at radius 3 is 2.65 bits per heavy atom. The average molecular weight is 357 g/mol. The lowest BCUT2D eigenvalue weighted by Gasteiger charge is -2.26. The van der Waals surface area contributed by atoms with Crippen molar-refractivity contribution < 1.29 is 18.8 Å². The molecule has 2 amide bonds. The van der Waals surface area contributed by atoms with Crippen LogP contribution in [-0.2, 0) is 9.53 Å². The molecule has 0 bridgehead atoms. The monoisotopic (exact) mass is 357 g/mol. The number of nitrogens with zero attached hydrogens (tertiary/aromatic N) is 2. The average Bonchev–Trinajstić information content (AvgIpc) is 3.15. The summed E-state index contributed by atoms with van der Waals surface area (Å²) in [5, 5.41) is 6.55. The van der Waals surface area contributed by atoms with E-state index in [2.05, 4.69) is 10.5 Å². The highest BCUT2D eigenvalue weighted by Gasteiger charge is 2.18. The fourth-order valence-corrected chi connectivity index (χ4v) is 2.76. The van der Waals surface area contributed by atoms with E-state index in [-0.39, 0.29) is 30.5 Å². The largest absolute Gasteiger partial charge is 0.378 e. The van der Waals surface area contributed by atoms with Crippen molar-refractivity contribution in [2.75, 3.05) is 32.8 Å². The number of carbonyl (C=O) groups excluding carboxylic acids is 2. The van der Waals surface area contributed by atoms with Gasteiger partial charge < -0.3 is 19.5 Å². The third-order valence-corrected chi connectivity index (χ3v) is 4.52. The maximum Gasteiger partial charge on any atom is 0.273 e. The molecule has 0 unspecified atom stereocenters. The SMILES string of the molecule is Cc1ccc(-c2cc(C(=O)NCCC(=O)N3CCOCC3)no2)cc1C. The summed E-state index contributed by atoms with van der Waals surface area (Å²) in [4.78, 5) is 26.0. The van der Waals surface area contributed by atoms with Gasteiger partial charge in [-0.15, -0.1) is 0 Å². The van der Waals surface area contributed by atoms with Crippen LogP contribution in [0.3, 0.4) is 0 Å². The van der Waals surface area contributed by atoms with Gasteiger partial charge in [-0.2, -0.15) is 0 Å². The van der Waals surface area contributed by atoms with Crippen LogP contribution in [0.1, 0.15) is 28.0 Å². The number of aryl methyl sites for hydroxylation is 2. The molecule has 1 aliphatic rings. The number of nitrogens with one attached hydrogen (secondary N) is 1. The molecule has 1 aliphatic heterocycles. The highest BCUT2D eigenvalue weighted by molar-refractivity contribution is 5.93. The Hall–Kier alpha value is -2.67. The van der Waals surface area contributed by atoms with Crippen LogP contribution in [0.4, 0.5) is 0 Å². The molecule has 1 aromatic heterocycles. The van der Waals surface area contributed by atoms with E-state index in [0.717, 1.165) is 11.1 Å². The molecule has 0 spiro atoms. The number of rotatable bonds is 5. The first kappa shape index (κ1) is 18.1. The number of ether oxygens (including phenoxy) is 1. The number of benzene rings is 1. The van der Waals surface area contributed by atoms with Gasteiger partial charge in [0.15, 0.2) is 11.5 Å². The Kier molecular flexibility index (Phi) is 5.68. The third-order valence-electron chi connectivity index (χ3n) is 4.52. The second-order valence-electron chi connectivity index (χ2n) is 6.37. The molecule has 2 aromatic rings. The fourth-order valence-electron chi connectivity index (χ4n) is 2.76. The van der Waals surface area contributed by atoms with E-state index in [9.17, 15) is 9.59 Å². The molecule has 0 radical (unpaired) electrons. The Labute approximate surface area is 152 Å². The first-order valence-corrected chi connectivity index (χ1v) is 8.72. The quantitative estimate of drug-likeness (QED) is 0.884. The number of morpholine rings is 1. The second-order valence-corrected chi connectivity index (χ2v) is 6.37. The van der Waals surface area contributed by atoms with Gasteiger partial charge in [0.2, 0.25) is 5.91 Å². The van der Waals surface area contributed by atoms with Crippen molar-refractivity contribution in [2.45, 2.75) is 20.3 Å². The van der Waals surface area contributed by atoms with E-state index in [1.165, 1.54) is 5.56 Å². The van der Waals surface area contributed by atoms with E-state index in [4.69, 9.17) is 9.26 Å². The van der Waals surface area contributed by atoms with Crippen LogP contribution in [0.25, 0.3) is 11.3 Å². The minimum atomic E-state index is -0.349. The van der Waals surface area contributed by atoms with Crippen molar-refractivity contribution in [3.8, 4) is 11.3 Å². The fraction of sp³-hybridized carbons (Fsp3) is 0.421. The van der Waals surface area contributed by atoms with Crippen molar-refractivity contribution >= 4 is 11.8 Å². The minimum absolute atomic E-state index is 0.0181. The Morgan fingerprint density at radius 1 is 1.15 bits per heavy atom. The summed E-state index contributed by atoms with van der Waals surface area (Å²) in [5.41, 5.74) is 3.42. The summed E-state index contributed by atoms with van der Waals surface area (Å²) in [6.45, 7) is 6.67. The van der Waals surface area contributed by atoms with Crippen LogP contribution in [0, 0.1) is 13.8 Å². The van der Waals surface area contributed by atoms with Crippen LogP contribution in [-0.4, -0.2) is 54.7 Å². The van der Waals surface area contributed by atoms with Crippen LogP contribution >= 0.6 is 0 Å². The maximum absolute atomic E-state index is 12.2. The summed E-state index contributed by atoms with van der Waals surface area (Å²) in [7, 11) is 0. The molecule has 0 atom stereocenters. The van der Waals surface area contributed by atoms with Gasteiger partial charge >= 0.3 is 0 Å². The topological polar surface area (TPSA) is 84.7 Å². The Balaban J connectivity index is 1.53. The van der Waals surface area contributed by atoms with Gasteiger partial charge in [0.25, 0.3) is 5.91 Å². The van der Waals surface area contributed by atoms with Gasteiger partial charge in [0.05, 0.1) is 13.2 Å².